The quantitative estimate of drug-likeness (QED) is 0.759. The number of rotatable bonds is 7. The second-order valence-corrected chi connectivity index (χ2v) is 4.14. The second kappa shape index (κ2) is 6.60. The molecule has 0 amide bonds. The van der Waals surface area contributed by atoms with Crippen LogP contribution in [0.15, 0.2) is 4.52 Å². The van der Waals surface area contributed by atoms with E-state index in [0.717, 1.165) is 18.7 Å². The van der Waals surface area contributed by atoms with E-state index in [1.807, 2.05) is 0 Å². The normalized spacial score (nSPS) is 11.6. The van der Waals surface area contributed by atoms with Gasteiger partial charge >= 0.3 is 0 Å². The van der Waals surface area contributed by atoms with Gasteiger partial charge in [-0.05, 0) is 20.3 Å². The number of aliphatic hydroxyl groups excluding tert-OH is 1. The van der Waals surface area contributed by atoms with E-state index < -0.39 is 0 Å². The topological polar surface area (TPSA) is 62.4 Å². The molecular weight excluding hydrogens is 206 g/mol. The van der Waals surface area contributed by atoms with Crippen LogP contribution in [-0.2, 0) is 13.0 Å². The number of nitrogens with zero attached hydrogens (tertiary/aromatic N) is 3. The fraction of sp³-hybridized carbons (Fsp3) is 0.818. The number of hydrogen-bond donors (Lipinski definition) is 1. The summed E-state index contributed by atoms with van der Waals surface area (Å²) in [6.45, 7) is 7.63. The summed E-state index contributed by atoms with van der Waals surface area (Å²) in [5.41, 5.74) is 0. The van der Waals surface area contributed by atoms with Crippen molar-refractivity contribution in [2.75, 3.05) is 13.2 Å². The van der Waals surface area contributed by atoms with Gasteiger partial charge in [-0.1, -0.05) is 12.1 Å². The summed E-state index contributed by atoms with van der Waals surface area (Å²) < 4.78 is 5.16. The Bertz CT molecular complexity index is 299. The predicted octanol–water partition coefficient (Wildman–Crippen LogP) is 1.22. The summed E-state index contributed by atoms with van der Waals surface area (Å²) in [7, 11) is 0. The van der Waals surface area contributed by atoms with E-state index in [2.05, 4.69) is 35.8 Å². The monoisotopic (exact) mass is 227 g/mol. The van der Waals surface area contributed by atoms with Crippen LogP contribution in [0, 0.1) is 0 Å². The maximum Gasteiger partial charge on any atom is 0.240 e. The van der Waals surface area contributed by atoms with Gasteiger partial charge in [0, 0.05) is 19.0 Å². The molecule has 0 radical (unpaired) electrons. The summed E-state index contributed by atoms with van der Waals surface area (Å²) >= 11 is 0. The van der Waals surface area contributed by atoms with Crippen LogP contribution in [0.5, 0.6) is 0 Å². The van der Waals surface area contributed by atoms with Crippen LogP contribution in [0.4, 0.5) is 0 Å². The van der Waals surface area contributed by atoms with Gasteiger partial charge in [0.05, 0.1) is 13.2 Å². The van der Waals surface area contributed by atoms with Crippen LogP contribution in [-0.4, -0.2) is 39.3 Å². The Morgan fingerprint density at radius 2 is 2.19 bits per heavy atom. The van der Waals surface area contributed by atoms with Gasteiger partial charge in [-0.3, -0.25) is 4.90 Å². The molecule has 0 aromatic carbocycles. The highest BCUT2D eigenvalue weighted by molar-refractivity contribution is 4.86. The second-order valence-electron chi connectivity index (χ2n) is 4.14. The van der Waals surface area contributed by atoms with Gasteiger partial charge < -0.3 is 9.63 Å². The van der Waals surface area contributed by atoms with Gasteiger partial charge in [0.2, 0.25) is 5.89 Å². The smallest absolute Gasteiger partial charge is 0.240 e. The van der Waals surface area contributed by atoms with Gasteiger partial charge in [-0.25, -0.2) is 0 Å². The van der Waals surface area contributed by atoms with Gasteiger partial charge in [-0.2, -0.15) is 4.98 Å². The molecule has 0 unspecified atom stereocenters. The number of hydrogen-bond acceptors (Lipinski definition) is 5. The Hall–Kier alpha value is -0.940. The third kappa shape index (κ3) is 3.90. The molecule has 0 saturated heterocycles. The molecule has 1 N–H and O–H groups in total. The molecule has 5 nitrogen and oxygen atoms in total. The molecule has 0 aliphatic carbocycles. The number of aromatic nitrogens is 2. The molecule has 0 fully saturated rings. The average Bonchev–Trinajstić information content (AvgIpc) is 2.65. The molecule has 92 valence electrons. The predicted molar refractivity (Wildman–Crippen MR) is 60.9 cm³/mol. The Kier molecular flexibility index (Phi) is 5.42. The van der Waals surface area contributed by atoms with Gasteiger partial charge in [0.1, 0.15) is 0 Å². The Morgan fingerprint density at radius 1 is 1.44 bits per heavy atom. The SMILES string of the molecule is CCCc1noc(CN(CCO)C(C)C)n1. The third-order valence-corrected chi connectivity index (χ3v) is 2.44. The standard InChI is InChI=1S/C11H21N3O2/c1-4-5-10-12-11(16-13-10)8-14(6-7-15)9(2)3/h9,15H,4-8H2,1-3H3. The highest BCUT2D eigenvalue weighted by atomic mass is 16.5. The van der Waals surface area contributed by atoms with E-state index >= 15 is 0 Å². The molecule has 1 rings (SSSR count). The summed E-state index contributed by atoms with van der Waals surface area (Å²) in [6, 6.07) is 0.355. The molecule has 0 bridgehead atoms. The summed E-state index contributed by atoms with van der Waals surface area (Å²) in [5.74, 6) is 1.40. The van der Waals surface area contributed by atoms with Crippen molar-refractivity contribution in [1.29, 1.82) is 0 Å². The zero-order valence-electron chi connectivity index (χ0n) is 10.3. The molecule has 1 aromatic rings. The number of aliphatic hydroxyl groups is 1. The van der Waals surface area contributed by atoms with Gasteiger partial charge in [0.25, 0.3) is 0 Å². The van der Waals surface area contributed by atoms with E-state index in [9.17, 15) is 0 Å². The van der Waals surface area contributed by atoms with Crippen molar-refractivity contribution >= 4 is 0 Å². The molecule has 0 saturated carbocycles. The van der Waals surface area contributed by atoms with Crippen molar-refractivity contribution in [2.45, 2.75) is 46.2 Å². The van der Waals surface area contributed by atoms with Crippen molar-refractivity contribution in [3.05, 3.63) is 11.7 Å². The fourth-order valence-electron chi connectivity index (χ4n) is 1.50. The molecular formula is C11H21N3O2. The molecule has 16 heavy (non-hydrogen) atoms. The molecule has 0 atom stereocenters. The van der Waals surface area contributed by atoms with Crippen LogP contribution in [0.25, 0.3) is 0 Å². The molecule has 1 aromatic heterocycles. The summed E-state index contributed by atoms with van der Waals surface area (Å²) in [6.07, 6.45) is 1.87. The van der Waals surface area contributed by atoms with E-state index in [-0.39, 0.29) is 6.61 Å². The van der Waals surface area contributed by atoms with E-state index in [1.54, 1.807) is 0 Å². The Morgan fingerprint density at radius 3 is 2.75 bits per heavy atom. The average molecular weight is 227 g/mol. The maximum atomic E-state index is 8.94. The molecule has 1 heterocycles. The van der Waals surface area contributed by atoms with Crippen molar-refractivity contribution in [2.24, 2.45) is 0 Å². The highest BCUT2D eigenvalue weighted by Crippen LogP contribution is 2.07. The first-order valence-electron chi connectivity index (χ1n) is 5.83. The first-order chi connectivity index (χ1) is 7.67. The zero-order chi connectivity index (χ0) is 12.0. The van der Waals surface area contributed by atoms with Crippen molar-refractivity contribution in [3.63, 3.8) is 0 Å². The molecule has 0 aliphatic heterocycles. The van der Waals surface area contributed by atoms with Crippen LogP contribution < -0.4 is 0 Å². The lowest BCUT2D eigenvalue weighted by atomic mass is 10.3. The first-order valence-corrected chi connectivity index (χ1v) is 5.83. The lowest BCUT2D eigenvalue weighted by molar-refractivity contribution is 0.144. The van der Waals surface area contributed by atoms with Gasteiger partial charge in [0.15, 0.2) is 5.82 Å². The minimum absolute atomic E-state index is 0.147. The Balaban J connectivity index is 2.55. The van der Waals surface area contributed by atoms with E-state index in [4.69, 9.17) is 9.63 Å². The summed E-state index contributed by atoms with van der Waals surface area (Å²) in [4.78, 5) is 6.40. The minimum atomic E-state index is 0.147. The third-order valence-electron chi connectivity index (χ3n) is 2.44. The Labute approximate surface area is 96.5 Å². The number of aryl methyl sites for hydroxylation is 1. The van der Waals surface area contributed by atoms with Crippen LogP contribution in [0.1, 0.15) is 38.9 Å². The zero-order valence-corrected chi connectivity index (χ0v) is 10.3. The lowest BCUT2D eigenvalue weighted by Gasteiger charge is -2.23. The largest absolute Gasteiger partial charge is 0.395 e. The fourth-order valence-corrected chi connectivity index (χ4v) is 1.50. The highest BCUT2D eigenvalue weighted by Gasteiger charge is 2.13. The molecule has 0 aliphatic rings. The lowest BCUT2D eigenvalue weighted by Crippen LogP contribution is -2.33. The van der Waals surface area contributed by atoms with E-state index in [0.29, 0.717) is 25.0 Å². The van der Waals surface area contributed by atoms with E-state index in [1.165, 1.54) is 0 Å². The van der Waals surface area contributed by atoms with Crippen LogP contribution in [0.2, 0.25) is 0 Å². The van der Waals surface area contributed by atoms with Crippen molar-refractivity contribution < 1.29 is 9.63 Å². The minimum Gasteiger partial charge on any atom is -0.395 e. The maximum absolute atomic E-state index is 8.94. The van der Waals surface area contributed by atoms with Crippen molar-refractivity contribution in [1.82, 2.24) is 15.0 Å². The first kappa shape index (κ1) is 13.1. The van der Waals surface area contributed by atoms with Crippen LogP contribution >= 0.6 is 0 Å². The van der Waals surface area contributed by atoms with Crippen LogP contribution in [0.3, 0.4) is 0 Å². The molecule has 5 heteroatoms. The molecule has 0 spiro atoms. The summed E-state index contributed by atoms with van der Waals surface area (Å²) in [5, 5.41) is 12.8. The van der Waals surface area contributed by atoms with Gasteiger partial charge in [-0.15, -0.1) is 0 Å². The van der Waals surface area contributed by atoms with Crippen molar-refractivity contribution in [3.8, 4) is 0 Å².